The molecule has 7 aromatic carbocycles. The zero-order valence-corrected chi connectivity index (χ0v) is 27.0. The normalized spacial score (nSPS) is 11.6. The van der Waals surface area contributed by atoms with E-state index < -0.39 is 0 Å². The Kier molecular flexibility index (Phi) is 6.42. The number of rotatable bonds is 5. The third-order valence-electron chi connectivity index (χ3n) is 9.57. The van der Waals surface area contributed by atoms with Gasteiger partial charge in [0.2, 0.25) is 5.95 Å². The summed E-state index contributed by atoms with van der Waals surface area (Å²) in [6, 6.07) is 61.4. The highest BCUT2D eigenvalue weighted by molar-refractivity contribution is 6.26. The van der Waals surface area contributed by atoms with Crippen LogP contribution in [0.1, 0.15) is 0 Å². The Morgan fingerprint density at radius 3 is 1.64 bits per heavy atom. The van der Waals surface area contributed by atoms with Crippen molar-refractivity contribution in [3.8, 4) is 45.5 Å². The number of para-hydroxylation sites is 3. The van der Waals surface area contributed by atoms with Gasteiger partial charge in [0.25, 0.3) is 0 Å². The second-order valence-corrected chi connectivity index (χ2v) is 12.5. The molecule has 0 N–H and O–H groups in total. The number of hydrogen-bond donors (Lipinski definition) is 0. The van der Waals surface area contributed by atoms with Crippen LogP contribution in [0.15, 0.2) is 176 Å². The van der Waals surface area contributed by atoms with Crippen LogP contribution < -0.4 is 0 Å². The summed E-state index contributed by atoms with van der Waals surface area (Å²) in [5.74, 6) is 1.82. The van der Waals surface area contributed by atoms with Crippen LogP contribution in [0.25, 0.3) is 89.2 Å². The van der Waals surface area contributed by atoms with E-state index in [9.17, 15) is 0 Å². The van der Waals surface area contributed by atoms with Crippen LogP contribution in [0, 0.1) is 0 Å². The molecule has 0 atom stereocenters. The first-order chi connectivity index (χ1) is 24.8. The first-order valence-corrected chi connectivity index (χ1v) is 16.8. The summed E-state index contributed by atoms with van der Waals surface area (Å²) in [6.07, 6.45) is 0. The molecule has 0 radical (unpaired) electrons. The lowest BCUT2D eigenvalue weighted by Gasteiger charge is -2.12. The third kappa shape index (κ3) is 4.45. The molecule has 0 bridgehead atoms. The van der Waals surface area contributed by atoms with Gasteiger partial charge in [-0.2, -0.15) is 9.97 Å². The molecule has 10 rings (SSSR count). The molecule has 10 aromatic rings. The van der Waals surface area contributed by atoms with E-state index in [0.717, 1.165) is 55.3 Å². The third-order valence-corrected chi connectivity index (χ3v) is 9.57. The summed E-state index contributed by atoms with van der Waals surface area (Å²) in [6.45, 7) is 0. The molecule has 0 saturated carbocycles. The molecular formula is C45H29N5. The molecule has 5 heteroatoms. The number of aromatic nitrogens is 5. The second-order valence-electron chi connectivity index (χ2n) is 12.5. The molecular weight excluding hydrogens is 611 g/mol. The highest BCUT2D eigenvalue weighted by Gasteiger charge is 2.22. The standard InChI is InChI=1S/C45H29N5/c1-4-15-30(16-5-1)32-19-14-20-33(29-32)44-46-43(31-17-6-2-7-18-31)47-45(48-44)50-39-26-13-11-24-37(39)41-40(50)28-27-36-35-23-10-12-25-38(35)49(42(36)41)34-21-8-3-9-22-34/h1-29H. The first-order valence-electron chi connectivity index (χ1n) is 16.8. The van der Waals surface area contributed by atoms with Crippen molar-refractivity contribution in [3.05, 3.63) is 176 Å². The Hall–Kier alpha value is -6.85. The molecule has 3 heterocycles. The Labute approximate surface area is 288 Å². The van der Waals surface area contributed by atoms with Gasteiger partial charge in [-0.15, -0.1) is 0 Å². The highest BCUT2D eigenvalue weighted by atomic mass is 15.2. The van der Waals surface area contributed by atoms with Crippen LogP contribution in [0.3, 0.4) is 0 Å². The van der Waals surface area contributed by atoms with E-state index in [4.69, 9.17) is 15.0 Å². The van der Waals surface area contributed by atoms with Crippen LogP contribution in [0.2, 0.25) is 0 Å². The summed E-state index contributed by atoms with van der Waals surface area (Å²) in [5.41, 5.74) is 9.65. The highest BCUT2D eigenvalue weighted by Crippen LogP contribution is 2.41. The van der Waals surface area contributed by atoms with E-state index in [0.29, 0.717) is 17.6 Å². The molecule has 0 fully saturated rings. The van der Waals surface area contributed by atoms with Gasteiger partial charge in [-0.1, -0.05) is 140 Å². The van der Waals surface area contributed by atoms with Crippen molar-refractivity contribution in [2.45, 2.75) is 0 Å². The fourth-order valence-electron chi connectivity index (χ4n) is 7.35. The van der Waals surface area contributed by atoms with Crippen LogP contribution in [0.5, 0.6) is 0 Å². The maximum Gasteiger partial charge on any atom is 0.238 e. The molecule has 0 aliphatic rings. The maximum absolute atomic E-state index is 5.24. The van der Waals surface area contributed by atoms with Crippen molar-refractivity contribution < 1.29 is 0 Å². The van der Waals surface area contributed by atoms with Crippen molar-refractivity contribution in [3.63, 3.8) is 0 Å². The van der Waals surface area contributed by atoms with Crippen LogP contribution in [0.4, 0.5) is 0 Å². The van der Waals surface area contributed by atoms with Crippen molar-refractivity contribution in [1.29, 1.82) is 0 Å². The Balaban J connectivity index is 1.29. The number of hydrogen-bond acceptors (Lipinski definition) is 3. The predicted octanol–water partition coefficient (Wildman–Crippen LogP) is 11.1. The zero-order valence-electron chi connectivity index (χ0n) is 27.0. The smallest absolute Gasteiger partial charge is 0.238 e. The molecule has 0 aliphatic carbocycles. The molecule has 5 nitrogen and oxygen atoms in total. The lowest BCUT2D eigenvalue weighted by molar-refractivity contribution is 0.953. The fourth-order valence-corrected chi connectivity index (χ4v) is 7.35. The topological polar surface area (TPSA) is 48.5 Å². The van der Waals surface area contributed by atoms with Crippen molar-refractivity contribution in [2.24, 2.45) is 0 Å². The summed E-state index contributed by atoms with van der Waals surface area (Å²) in [7, 11) is 0. The van der Waals surface area contributed by atoms with Gasteiger partial charge in [-0.3, -0.25) is 4.57 Å². The predicted molar refractivity (Wildman–Crippen MR) is 205 cm³/mol. The van der Waals surface area contributed by atoms with Gasteiger partial charge in [0.1, 0.15) is 0 Å². The largest absolute Gasteiger partial charge is 0.309 e. The molecule has 234 valence electrons. The summed E-state index contributed by atoms with van der Waals surface area (Å²) in [4.78, 5) is 15.5. The average molecular weight is 640 g/mol. The van der Waals surface area contributed by atoms with E-state index in [2.05, 4.69) is 161 Å². The van der Waals surface area contributed by atoms with Crippen LogP contribution in [-0.2, 0) is 0 Å². The minimum absolute atomic E-state index is 0.576. The molecule has 0 aliphatic heterocycles. The van der Waals surface area contributed by atoms with Gasteiger partial charge in [-0.25, -0.2) is 4.98 Å². The average Bonchev–Trinajstić information content (AvgIpc) is 3.72. The quantitative estimate of drug-likeness (QED) is 0.188. The Morgan fingerprint density at radius 2 is 0.900 bits per heavy atom. The zero-order chi connectivity index (χ0) is 33.0. The lowest BCUT2D eigenvalue weighted by atomic mass is 10.0. The number of benzene rings is 7. The van der Waals surface area contributed by atoms with E-state index in [-0.39, 0.29) is 0 Å². The molecule has 50 heavy (non-hydrogen) atoms. The fraction of sp³-hybridized carbons (Fsp3) is 0. The maximum atomic E-state index is 5.24. The number of fused-ring (bicyclic) bond motifs is 7. The summed E-state index contributed by atoms with van der Waals surface area (Å²) >= 11 is 0. The minimum Gasteiger partial charge on any atom is -0.309 e. The molecule has 0 unspecified atom stereocenters. The van der Waals surface area contributed by atoms with E-state index in [1.54, 1.807) is 0 Å². The van der Waals surface area contributed by atoms with Gasteiger partial charge in [0, 0.05) is 38.4 Å². The lowest BCUT2D eigenvalue weighted by Crippen LogP contribution is -2.06. The van der Waals surface area contributed by atoms with Crippen molar-refractivity contribution >= 4 is 43.6 Å². The van der Waals surface area contributed by atoms with Gasteiger partial charge < -0.3 is 4.57 Å². The summed E-state index contributed by atoms with van der Waals surface area (Å²) < 4.78 is 4.60. The van der Waals surface area contributed by atoms with Gasteiger partial charge in [0.05, 0.1) is 22.1 Å². The Morgan fingerprint density at radius 1 is 0.340 bits per heavy atom. The van der Waals surface area contributed by atoms with E-state index >= 15 is 0 Å². The molecule has 0 spiro atoms. The SMILES string of the molecule is c1ccc(-c2cccc(-c3nc(-c4ccccc4)nc(-n4c5ccccc5c5c4ccc4c6ccccc6n(-c6ccccc6)c45)n3)c2)cc1. The summed E-state index contributed by atoms with van der Waals surface area (Å²) in [5, 5.41) is 4.73. The minimum atomic E-state index is 0.576. The monoisotopic (exact) mass is 639 g/mol. The van der Waals surface area contributed by atoms with Gasteiger partial charge >= 0.3 is 0 Å². The second kappa shape index (κ2) is 11.4. The molecule has 0 saturated heterocycles. The van der Waals surface area contributed by atoms with Crippen LogP contribution in [-0.4, -0.2) is 24.1 Å². The molecule has 0 amide bonds. The Bertz CT molecular complexity index is 2850. The van der Waals surface area contributed by atoms with E-state index in [1.807, 2.05) is 24.3 Å². The first kappa shape index (κ1) is 28.2. The van der Waals surface area contributed by atoms with Crippen molar-refractivity contribution in [1.82, 2.24) is 24.1 Å². The van der Waals surface area contributed by atoms with Crippen LogP contribution >= 0.6 is 0 Å². The van der Waals surface area contributed by atoms with Gasteiger partial charge in [-0.05, 0) is 47.5 Å². The van der Waals surface area contributed by atoms with Gasteiger partial charge in [0.15, 0.2) is 11.6 Å². The van der Waals surface area contributed by atoms with E-state index in [1.165, 1.54) is 16.3 Å². The number of nitrogens with zero attached hydrogens (tertiary/aromatic N) is 5. The molecule has 3 aromatic heterocycles. The van der Waals surface area contributed by atoms with Crippen molar-refractivity contribution in [2.75, 3.05) is 0 Å².